The molecule has 1 nitrogen and oxygen atoms in total. The van der Waals surface area contributed by atoms with Gasteiger partial charge in [0.2, 0.25) is 0 Å². The van der Waals surface area contributed by atoms with E-state index in [4.69, 9.17) is 11.6 Å². The molecule has 0 bridgehead atoms. The van der Waals surface area contributed by atoms with Crippen molar-refractivity contribution in [2.45, 2.75) is 26.4 Å². The fourth-order valence-electron chi connectivity index (χ4n) is 1.99. The summed E-state index contributed by atoms with van der Waals surface area (Å²) in [5.74, 6) is -1.15. The van der Waals surface area contributed by atoms with E-state index in [1.54, 1.807) is 18.2 Å². The van der Waals surface area contributed by atoms with Gasteiger partial charge in [0, 0.05) is 29.2 Å². The van der Waals surface area contributed by atoms with E-state index < -0.39 is 11.6 Å². The Kier molecular flexibility index (Phi) is 4.73. The van der Waals surface area contributed by atoms with Crippen molar-refractivity contribution in [3.8, 4) is 11.1 Å². The summed E-state index contributed by atoms with van der Waals surface area (Å²) in [6, 6.07) is 9.17. The Morgan fingerprint density at radius 2 is 1.75 bits per heavy atom. The van der Waals surface area contributed by atoms with Gasteiger partial charge in [-0.1, -0.05) is 31.5 Å². The second kappa shape index (κ2) is 6.33. The van der Waals surface area contributed by atoms with Crippen LogP contribution in [0.5, 0.6) is 0 Å². The second-order valence-corrected chi connectivity index (χ2v) is 5.40. The molecule has 0 saturated heterocycles. The van der Waals surface area contributed by atoms with Crippen LogP contribution in [0.4, 0.5) is 8.78 Å². The molecule has 0 aliphatic carbocycles. The van der Waals surface area contributed by atoms with E-state index in [1.807, 2.05) is 13.8 Å². The lowest BCUT2D eigenvalue weighted by Gasteiger charge is -2.14. The van der Waals surface area contributed by atoms with Crippen molar-refractivity contribution < 1.29 is 8.78 Å². The normalized spacial score (nSPS) is 11.1. The highest BCUT2D eigenvalue weighted by atomic mass is 35.5. The Bertz CT molecular complexity index is 611. The summed E-state index contributed by atoms with van der Waals surface area (Å²) in [6.07, 6.45) is 0. The Morgan fingerprint density at radius 3 is 2.40 bits per heavy atom. The molecule has 0 aliphatic heterocycles. The van der Waals surface area contributed by atoms with Crippen LogP contribution < -0.4 is 5.32 Å². The zero-order chi connectivity index (χ0) is 14.7. The molecule has 0 heterocycles. The number of hydrogen-bond donors (Lipinski definition) is 1. The van der Waals surface area contributed by atoms with Crippen molar-refractivity contribution in [3.05, 3.63) is 58.6 Å². The molecule has 0 fully saturated rings. The number of nitrogens with one attached hydrogen (secondary N) is 1. The maximum absolute atomic E-state index is 13.9. The Balaban J connectivity index is 2.44. The lowest BCUT2D eigenvalue weighted by molar-refractivity contribution is 0.583. The van der Waals surface area contributed by atoms with Crippen LogP contribution in [0.25, 0.3) is 11.1 Å². The Labute approximate surface area is 122 Å². The van der Waals surface area contributed by atoms with Crippen LogP contribution in [-0.2, 0) is 6.54 Å². The summed E-state index contributed by atoms with van der Waals surface area (Å²) in [6.45, 7) is 4.63. The minimum atomic E-state index is -0.581. The molecule has 1 N–H and O–H groups in total. The lowest BCUT2D eigenvalue weighted by atomic mass is 9.99. The summed E-state index contributed by atoms with van der Waals surface area (Å²) in [5, 5.41) is 3.87. The topological polar surface area (TPSA) is 12.0 Å². The molecule has 0 atom stereocenters. The van der Waals surface area contributed by atoms with Gasteiger partial charge in [0.15, 0.2) is 0 Å². The maximum Gasteiger partial charge on any atom is 0.133 e. The average Bonchev–Trinajstić information content (AvgIpc) is 2.37. The molecule has 0 amide bonds. The first-order valence-corrected chi connectivity index (χ1v) is 6.82. The van der Waals surface area contributed by atoms with Crippen LogP contribution in [0.15, 0.2) is 36.4 Å². The molecule has 106 valence electrons. The van der Waals surface area contributed by atoms with Crippen LogP contribution in [0.1, 0.15) is 19.4 Å². The standard InChI is InChI=1S/C16H16ClF2N/c1-10(2)20-9-11-7-12(17)3-5-14(11)15-6-4-13(18)8-16(15)19/h3-8,10,20H,9H2,1-2H3. The third-order valence-electron chi connectivity index (χ3n) is 2.99. The van der Waals surface area contributed by atoms with E-state index >= 15 is 0 Å². The molecular formula is C16H16ClF2N. The molecular weight excluding hydrogens is 280 g/mol. The van der Waals surface area contributed by atoms with Gasteiger partial charge in [0.1, 0.15) is 11.6 Å². The number of halogens is 3. The summed E-state index contributed by atoms with van der Waals surface area (Å²) in [4.78, 5) is 0. The van der Waals surface area contributed by atoms with Gasteiger partial charge in [0.05, 0.1) is 0 Å². The maximum atomic E-state index is 13.9. The van der Waals surface area contributed by atoms with Crippen LogP contribution in [0.2, 0.25) is 5.02 Å². The Hall–Kier alpha value is -1.45. The van der Waals surface area contributed by atoms with Gasteiger partial charge in [-0.25, -0.2) is 8.78 Å². The third kappa shape index (κ3) is 3.56. The first-order chi connectivity index (χ1) is 9.47. The number of hydrogen-bond acceptors (Lipinski definition) is 1. The molecule has 0 aliphatic rings. The van der Waals surface area contributed by atoms with E-state index in [0.29, 0.717) is 23.2 Å². The largest absolute Gasteiger partial charge is 0.310 e. The predicted octanol–water partition coefficient (Wildman–Crippen LogP) is 4.78. The average molecular weight is 296 g/mol. The number of rotatable bonds is 4. The van der Waals surface area contributed by atoms with Gasteiger partial charge >= 0.3 is 0 Å². The summed E-state index contributed by atoms with van der Waals surface area (Å²) < 4.78 is 26.9. The quantitative estimate of drug-likeness (QED) is 0.855. The van der Waals surface area contributed by atoms with E-state index in [1.165, 1.54) is 12.1 Å². The molecule has 2 aromatic rings. The zero-order valence-corrected chi connectivity index (χ0v) is 12.1. The third-order valence-corrected chi connectivity index (χ3v) is 3.22. The fourth-order valence-corrected chi connectivity index (χ4v) is 2.19. The van der Waals surface area contributed by atoms with Crippen LogP contribution in [0.3, 0.4) is 0 Å². The molecule has 0 spiro atoms. The summed E-state index contributed by atoms with van der Waals surface area (Å²) in [5.41, 5.74) is 1.99. The summed E-state index contributed by atoms with van der Waals surface area (Å²) >= 11 is 6.00. The molecule has 2 rings (SSSR count). The molecule has 0 saturated carbocycles. The highest BCUT2D eigenvalue weighted by molar-refractivity contribution is 6.30. The highest BCUT2D eigenvalue weighted by Crippen LogP contribution is 2.29. The predicted molar refractivity (Wildman–Crippen MR) is 78.8 cm³/mol. The second-order valence-electron chi connectivity index (χ2n) is 4.96. The fraction of sp³-hybridized carbons (Fsp3) is 0.250. The first-order valence-electron chi connectivity index (χ1n) is 6.44. The number of benzene rings is 2. The van der Waals surface area contributed by atoms with Gasteiger partial charge < -0.3 is 5.32 Å². The zero-order valence-electron chi connectivity index (χ0n) is 11.4. The summed E-state index contributed by atoms with van der Waals surface area (Å²) in [7, 11) is 0. The van der Waals surface area contributed by atoms with E-state index in [9.17, 15) is 8.78 Å². The van der Waals surface area contributed by atoms with Crippen LogP contribution in [-0.4, -0.2) is 6.04 Å². The Morgan fingerprint density at radius 1 is 1.05 bits per heavy atom. The first kappa shape index (κ1) is 14.9. The molecule has 20 heavy (non-hydrogen) atoms. The smallest absolute Gasteiger partial charge is 0.133 e. The molecule has 4 heteroatoms. The lowest BCUT2D eigenvalue weighted by Crippen LogP contribution is -2.22. The van der Waals surface area contributed by atoms with Crippen molar-refractivity contribution in [3.63, 3.8) is 0 Å². The monoisotopic (exact) mass is 295 g/mol. The van der Waals surface area contributed by atoms with Crippen molar-refractivity contribution >= 4 is 11.6 Å². The van der Waals surface area contributed by atoms with E-state index in [-0.39, 0.29) is 0 Å². The van der Waals surface area contributed by atoms with E-state index in [2.05, 4.69) is 5.32 Å². The molecule has 0 unspecified atom stereocenters. The van der Waals surface area contributed by atoms with Crippen molar-refractivity contribution in [1.82, 2.24) is 5.32 Å². The van der Waals surface area contributed by atoms with Crippen LogP contribution in [0, 0.1) is 11.6 Å². The van der Waals surface area contributed by atoms with Crippen molar-refractivity contribution in [1.29, 1.82) is 0 Å². The molecule has 0 aromatic heterocycles. The van der Waals surface area contributed by atoms with Crippen LogP contribution >= 0.6 is 11.6 Å². The van der Waals surface area contributed by atoms with Crippen molar-refractivity contribution in [2.24, 2.45) is 0 Å². The van der Waals surface area contributed by atoms with Gasteiger partial charge in [-0.15, -0.1) is 0 Å². The van der Waals surface area contributed by atoms with Gasteiger partial charge in [-0.05, 0) is 35.4 Å². The minimum absolute atomic E-state index is 0.305. The molecule has 0 radical (unpaired) electrons. The van der Waals surface area contributed by atoms with Crippen molar-refractivity contribution in [2.75, 3.05) is 0 Å². The van der Waals surface area contributed by atoms with Gasteiger partial charge in [-0.3, -0.25) is 0 Å². The SMILES string of the molecule is CC(C)NCc1cc(Cl)ccc1-c1ccc(F)cc1F. The van der Waals surface area contributed by atoms with E-state index in [0.717, 1.165) is 17.2 Å². The molecule has 2 aromatic carbocycles. The van der Waals surface area contributed by atoms with Gasteiger partial charge in [0.25, 0.3) is 0 Å². The highest BCUT2D eigenvalue weighted by Gasteiger charge is 2.11. The van der Waals surface area contributed by atoms with Gasteiger partial charge in [-0.2, -0.15) is 0 Å². The minimum Gasteiger partial charge on any atom is -0.310 e.